The van der Waals surface area contributed by atoms with Crippen LogP contribution in [0.25, 0.3) is 10.8 Å². The van der Waals surface area contributed by atoms with Gasteiger partial charge in [-0.15, -0.1) is 0 Å². The summed E-state index contributed by atoms with van der Waals surface area (Å²) in [6.45, 7) is 1.88. The molecule has 3 rings (SSSR count). The summed E-state index contributed by atoms with van der Waals surface area (Å²) in [5.41, 5.74) is 1.29. The van der Waals surface area contributed by atoms with Gasteiger partial charge in [0.15, 0.2) is 0 Å². The largest absolute Gasteiger partial charge is 0.396 e. The molecule has 1 N–H and O–H groups in total. The lowest BCUT2D eigenvalue weighted by Gasteiger charge is -2.23. The third kappa shape index (κ3) is 2.61. The first kappa shape index (κ1) is 12.2. The minimum absolute atomic E-state index is 0.224. The molecule has 0 fully saturated rings. The van der Waals surface area contributed by atoms with Crippen molar-refractivity contribution >= 4 is 17.1 Å². The Kier molecular flexibility index (Phi) is 3.47. The van der Waals surface area contributed by atoms with Gasteiger partial charge in [-0.3, -0.25) is 4.99 Å². The Bertz CT molecular complexity index is 594. The van der Waals surface area contributed by atoms with Crippen LogP contribution in [0.5, 0.6) is 0 Å². The van der Waals surface area contributed by atoms with Gasteiger partial charge in [-0.2, -0.15) is 0 Å². The molecule has 19 heavy (non-hydrogen) atoms. The van der Waals surface area contributed by atoms with Crippen molar-refractivity contribution in [1.82, 2.24) is 4.90 Å². The summed E-state index contributed by atoms with van der Waals surface area (Å²) in [5, 5.41) is 11.6. The second kappa shape index (κ2) is 5.41. The van der Waals surface area contributed by atoms with Crippen LogP contribution in [-0.4, -0.2) is 35.5 Å². The summed E-state index contributed by atoms with van der Waals surface area (Å²) in [4.78, 5) is 6.54. The smallest absolute Gasteiger partial charge is 0.0856 e. The molecule has 0 saturated carbocycles. The van der Waals surface area contributed by atoms with E-state index in [1.54, 1.807) is 0 Å². The molecule has 0 aliphatic carbocycles. The van der Waals surface area contributed by atoms with Gasteiger partial charge >= 0.3 is 0 Å². The van der Waals surface area contributed by atoms with E-state index >= 15 is 0 Å². The van der Waals surface area contributed by atoms with Crippen molar-refractivity contribution < 1.29 is 5.11 Å². The number of hydrogen-bond acceptors (Lipinski definition) is 3. The zero-order chi connectivity index (χ0) is 13.1. The summed E-state index contributed by atoms with van der Waals surface area (Å²) in [6, 6.07) is 15.3. The number of benzene rings is 2. The van der Waals surface area contributed by atoms with Gasteiger partial charge in [-0.1, -0.05) is 36.4 Å². The maximum atomic E-state index is 9.07. The maximum Gasteiger partial charge on any atom is 0.0856 e. The Morgan fingerprint density at radius 2 is 2.00 bits per heavy atom. The number of nitrogens with zero attached hydrogens (tertiary/aromatic N) is 2. The van der Waals surface area contributed by atoms with Gasteiger partial charge in [0.05, 0.1) is 18.9 Å². The summed E-state index contributed by atoms with van der Waals surface area (Å²) >= 11 is 0. The second-order valence-corrected chi connectivity index (χ2v) is 5.00. The van der Waals surface area contributed by atoms with Gasteiger partial charge in [-0.05, 0) is 28.8 Å². The van der Waals surface area contributed by atoms with Crippen LogP contribution in [0.1, 0.15) is 12.0 Å². The number of hydrogen-bond donors (Lipinski definition) is 1. The predicted octanol–water partition coefficient (Wildman–Crippen LogP) is 2.43. The zero-order valence-electron chi connectivity index (χ0n) is 10.9. The molecule has 1 atom stereocenters. The molecule has 0 spiro atoms. The third-order valence-corrected chi connectivity index (χ3v) is 3.66. The van der Waals surface area contributed by atoms with E-state index in [0.717, 1.165) is 19.5 Å². The molecule has 0 bridgehead atoms. The van der Waals surface area contributed by atoms with Crippen molar-refractivity contribution in [2.75, 3.05) is 13.2 Å². The van der Waals surface area contributed by atoms with Gasteiger partial charge < -0.3 is 10.0 Å². The van der Waals surface area contributed by atoms with Gasteiger partial charge in [0.25, 0.3) is 0 Å². The van der Waals surface area contributed by atoms with E-state index in [9.17, 15) is 0 Å². The van der Waals surface area contributed by atoms with Crippen molar-refractivity contribution in [3.05, 3.63) is 48.0 Å². The lowest BCUT2D eigenvalue weighted by molar-refractivity contribution is 0.231. The first-order valence-electron chi connectivity index (χ1n) is 6.71. The second-order valence-electron chi connectivity index (χ2n) is 5.00. The minimum atomic E-state index is 0.224. The van der Waals surface area contributed by atoms with Gasteiger partial charge in [-0.25, -0.2) is 0 Å². The molecule has 1 unspecified atom stereocenters. The van der Waals surface area contributed by atoms with Crippen molar-refractivity contribution in [3.63, 3.8) is 0 Å². The molecular formula is C16H18N2O. The summed E-state index contributed by atoms with van der Waals surface area (Å²) in [6.07, 6.45) is 2.70. The van der Waals surface area contributed by atoms with Crippen LogP contribution in [0.3, 0.4) is 0 Å². The van der Waals surface area contributed by atoms with Gasteiger partial charge in [0, 0.05) is 13.2 Å². The first-order valence-corrected chi connectivity index (χ1v) is 6.71. The fourth-order valence-corrected chi connectivity index (χ4v) is 2.60. The molecule has 1 aliphatic heterocycles. The van der Waals surface area contributed by atoms with Crippen LogP contribution in [0.2, 0.25) is 0 Å². The van der Waals surface area contributed by atoms with E-state index in [4.69, 9.17) is 5.11 Å². The zero-order valence-corrected chi connectivity index (χ0v) is 10.9. The predicted molar refractivity (Wildman–Crippen MR) is 78.3 cm³/mol. The molecule has 1 heterocycles. The van der Waals surface area contributed by atoms with Crippen molar-refractivity contribution in [3.8, 4) is 0 Å². The highest BCUT2D eigenvalue weighted by atomic mass is 16.3. The molecular weight excluding hydrogens is 236 g/mol. The third-order valence-electron chi connectivity index (χ3n) is 3.66. The number of aliphatic imine (C=N–C) groups is 1. The van der Waals surface area contributed by atoms with E-state index in [-0.39, 0.29) is 6.61 Å². The standard InChI is InChI=1S/C16H18N2O/c19-8-7-16-10-17-12-18(16)11-13-5-6-14-3-1-2-4-15(14)9-13/h1-6,9,12,16,19H,7-8,10-11H2. The molecule has 3 nitrogen and oxygen atoms in total. The molecule has 2 aromatic carbocycles. The highest BCUT2D eigenvalue weighted by Crippen LogP contribution is 2.19. The minimum Gasteiger partial charge on any atom is -0.396 e. The monoisotopic (exact) mass is 254 g/mol. The lowest BCUT2D eigenvalue weighted by atomic mass is 10.1. The average Bonchev–Trinajstić information content (AvgIpc) is 2.86. The number of aliphatic hydroxyl groups excluding tert-OH is 1. The van der Waals surface area contributed by atoms with Crippen molar-refractivity contribution in [2.24, 2.45) is 4.99 Å². The topological polar surface area (TPSA) is 35.8 Å². The van der Waals surface area contributed by atoms with Gasteiger partial charge in [0.1, 0.15) is 0 Å². The Balaban J connectivity index is 1.79. The SMILES string of the molecule is OCCC1CN=CN1Cc1ccc2ccccc2c1. The highest BCUT2D eigenvalue weighted by molar-refractivity contribution is 5.83. The molecule has 2 aromatic rings. The normalized spacial score (nSPS) is 18.4. The Labute approximate surface area is 113 Å². The van der Waals surface area contributed by atoms with E-state index < -0.39 is 0 Å². The van der Waals surface area contributed by atoms with Crippen LogP contribution < -0.4 is 0 Å². The van der Waals surface area contributed by atoms with Crippen LogP contribution in [0.15, 0.2) is 47.5 Å². The van der Waals surface area contributed by atoms with Crippen LogP contribution >= 0.6 is 0 Å². The van der Waals surface area contributed by atoms with E-state index in [2.05, 4.69) is 52.4 Å². The average molecular weight is 254 g/mol. The van der Waals surface area contributed by atoms with Crippen molar-refractivity contribution in [1.29, 1.82) is 0 Å². The van der Waals surface area contributed by atoms with E-state index in [1.807, 2.05) is 6.34 Å². The molecule has 0 saturated heterocycles. The van der Waals surface area contributed by atoms with Crippen LogP contribution in [-0.2, 0) is 6.54 Å². The molecule has 3 heteroatoms. The van der Waals surface area contributed by atoms with E-state index in [1.165, 1.54) is 16.3 Å². The molecule has 0 aromatic heterocycles. The van der Waals surface area contributed by atoms with Crippen LogP contribution in [0.4, 0.5) is 0 Å². The van der Waals surface area contributed by atoms with E-state index in [0.29, 0.717) is 6.04 Å². The Morgan fingerprint density at radius 3 is 2.84 bits per heavy atom. The number of aliphatic hydroxyl groups is 1. The van der Waals surface area contributed by atoms with Crippen molar-refractivity contribution in [2.45, 2.75) is 19.0 Å². The first-order chi connectivity index (χ1) is 9.36. The Hall–Kier alpha value is -1.87. The fourth-order valence-electron chi connectivity index (χ4n) is 2.60. The molecule has 1 aliphatic rings. The Morgan fingerprint density at radius 1 is 1.16 bits per heavy atom. The number of fused-ring (bicyclic) bond motifs is 1. The van der Waals surface area contributed by atoms with Crippen LogP contribution in [0, 0.1) is 0 Å². The lowest BCUT2D eigenvalue weighted by Crippen LogP contribution is -2.31. The fraction of sp³-hybridized carbons (Fsp3) is 0.312. The quantitative estimate of drug-likeness (QED) is 0.909. The summed E-state index contributed by atoms with van der Waals surface area (Å²) < 4.78 is 0. The molecule has 0 radical (unpaired) electrons. The molecule has 98 valence electrons. The maximum absolute atomic E-state index is 9.07. The van der Waals surface area contributed by atoms with Gasteiger partial charge in [0.2, 0.25) is 0 Å². The number of rotatable bonds is 4. The summed E-state index contributed by atoms with van der Waals surface area (Å²) in [7, 11) is 0. The highest BCUT2D eigenvalue weighted by Gasteiger charge is 2.19. The summed E-state index contributed by atoms with van der Waals surface area (Å²) in [5.74, 6) is 0. The molecule has 0 amide bonds.